The van der Waals surface area contributed by atoms with Crippen LogP contribution in [0.2, 0.25) is 0 Å². The summed E-state index contributed by atoms with van der Waals surface area (Å²) in [7, 11) is 0. The molecule has 26 heavy (non-hydrogen) atoms. The molecular formula is C22H26FNO2. The highest BCUT2D eigenvalue weighted by Crippen LogP contribution is 2.27. The van der Waals surface area contributed by atoms with Gasteiger partial charge in [0, 0.05) is 12.1 Å². The van der Waals surface area contributed by atoms with E-state index in [0.717, 1.165) is 42.4 Å². The molecule has 2 unspecified atom stereocenters. The molecule has 0 aromatic heterocycles. The molecule has 3 nitrogen and oxygen atoms in total. The Hall–Kier alpha value is -2.20. The molecule has 2 aromatic carbocycles. The van der Waals surface area contributed by atoms with Crippen LogP contribution in [0.5, 0.6) is 0 Å². The number of aliphatic hydroxyl groups is 1. The summed E-state index contributed by atoms with van der Waals surface area (Å²) in [6, 6.07) is 12.1. The van der Waals surface area contributed by atoms with Crippen molar-refractivity contribution in [2.45, 2.75) is 51.7 Å². The monoisotopic (exact) mass is 355 g/mol. The number of carbonyl (C=O) groups excluding carboxylic acids is 1. The number of amides is 1. The van der Waals surface area contributed by atoms with E-state index >= 15 is 0 Å². The van der Waals surface area contributed by atoms with Gasteiger partial charge in [-0.05, 0) is 67.6 Å². The average molecular weight is 355 g/mol. The van der Waals surface area contributed by atoms with Crippen LogP contribution in [-0.2, 0) is 0 Å². The molecule has 1 aliphatic rings. The average Bonchev–Trinajstić information content (AvgIpc) is 2.64. The minimum atomic E-state index is -0.436. The summed E-state index contributed by atoms with van der Waals surface area (Å²) in [4.78, 5) is 14.7. The Morgan fingerprint density at radius 2 is 1.85 bits per heavy atom. The second kappa shape index (κ2) is 8.00. The molecule has 1 aliphatic carbocycles. The van der Waals surface area contributed by atoms with Gasteiger partial charge in [0.1, 0.15) is 5.82 Å². The van der Waals surface area contributed by atoms with E-state index in [0.29, 0.717) is 12.1 Å². The fourth-order valence-corrected chi connectivity index (χ4v) is 3.89. The van der Waals surface area contributed by atoms with Crippen molar-refractivity contribution >= 4 is 5.91 Å². The van der Waals surface area contributed by atoms with Gasteiger partial charge in [-0.2, -0.15) is 0 Å². The van der Waals surface area contributed by atoms with E-state index in [1.54, 1.807) is 11.0 Å². The molecule has 0 aliphatic heterocycles. The number of hydrogen-bond donors (Lipinski definition) is 1. The molecule has 3 rings (SSSR count). The first kappa shape index (κ1) is 18.6. The second-order valence-electron chi connectivity index (χ2n) is 7.05. The first-order valence-corrected chi connectivity index (χ1v) is 9.37. The first-order valence-electron chi connectivity index (χ1n) is 9.37. The van der Waals surface area contributed by atoms with Gasteiger partial charge in [0.15, 0.2) is 0 Å². The van der Waals surface area contributed by atoms with Crippen LogP contribution in [0.1, 0.15) is 48.5 Å². The number of rotatable bonds is 4. The van der Waals surface area contributed by atoms with Crippen molar-refractivity contribution in [1.82, 2.24) is 4.90 Å². The number of nitrogens with zero attached hydrogens (tertiary/aromatic N) is 1. The SMILES string of the molecule is CCN(C(=O)c1ccc(-c2ccc(F)cc2C)cc1)C1CCCCC1O. The molecule has 1 saturated carbocycles. The lowest BCUT2D eigenvalue weighted by atomic mass is 9.91. The third-order valence-corrected chi connectivity index (χ3v) is 5.33. The lowest BCUT2D eigenvalue weighted by Crippen LogP contribution is -2.48. The lowest BCUT2D eigenvalue weighted by Gasteiger charge is -2.37. The summed E-state index contributed by atoms with van der Waals surface area (Å²) in [6.07, 6.45) is 3.25. The Kier molecular flexibility index (Phi) is 5.72. The van der Waals surface area contributed by atoms with Crippen molar-refractivity contribution < 1.29 is 14.3 Å². The van der Waals surface area contributed by atoms with E-state index < -0.39 is 6.10 Å². The van der Waals surface area contributed by atoms with Crippen LogP contribution in [0.3, 0.4) is 0 Å². The van der Waals surface area contributed by atoms with Gasteiger partial charge in [-0.15, -0.1) is 0 Å². The summed E-state index contributed by atoms with van der Waals surface area (Å²) in [6.45, 7) is 4.41. The van der Waals surface area contributed by atoms with Crippen LogP contribution in [0.4, 0.5) is 4.39 Å². The van der Waals surface area contributed by atoms with E-state index in [9.17, 15) is 14.3 Å². The Morgan fingerprint density at radius 3 is 2.46 bits per heavy atom. The zero-order valence-corrected chi connectivity index (χ0v) is 15.4. The number of hydrogen-bond acceptors (Lipinski definition) is 2. The summed E-state index contributed by atoms with van der Waals surface area (Å²) in [5, 5.41) is 10.3. The summed E-state index contributed by atoms with van der Waals surface area (Å²) >= 11 is 0. The standard InChI is InChI=1S/C22H26FNO2/c1-3-24(20-6-4-5-7-21(20)25)22(26)17-10-8-16(9-11-17)19-13-12-18(23)14-15(19)2/h8-14,20-21,25H,3-7H2,1-2H3. The molecule has 1 N–H and O–H groups in total. The predicted octanol–water partition coefficient (Wildman–Crippen LogP) is 4.57. The predicted molar refractivity (Wildman–Crippen MR) is 102 cm³/mol. The van der Waals surface area contributed by atoms with E-state index in [1.807, 2.05) is 38.1 Å². The summed E-state index contributed by atoms with van der Waals surface area (Å²) in [5.74, 6) is -0.288. The van der Waals surface area contributed by atoms with E-state index in [1.165, 1.54) is 12.1 Å². The molecule has 0 spiro atoms. The number of likely N-dealkylation sites (N-methyl/N-ethyl adjacent to an activating group) is 1. The smallest absolute Gasteiger partial charge is 0.254 e. The van der Waals surface area contributed by atoms with E-state index in [-0.39, 0.29) is 17.8 Å². The second-order valence-corrected chi connectivity index (χ2v) is 7.05. The minimum Gasteiger partial charge on any atom is -0.391 e. The zero-order chi connectivity index (χ0) is 18.7. The Labute approximate surface area is 154 Å². The van der Waals surface area contributed by atoms with Gasteiger partial charge in [0.2, 0.25) is 0 Å². The van der Waals surface area contributed by atoms with Crippen molar-refractivity contribution in [3.63, 3.8) is 0 Å². The van der Waals surface area contributed by atoms with Gasteiger partial charge in [-0.25, -0.2) is 4.39 Å². The van der Waals surface area contributed by atoms with Crippen LogP contribution in [-0.4, -0.2) is 34.6 Å². The largest absolute Gasteiger partial charge is 0.391 e. The molecule has 1 fully saturated rings. The van der Waals surface area contributed by atoms with Crippen molar-refractivity contribution in [3.8, 4) is 11.1 Å². The third kappa shape index (κ3) is 3.80. The number of aryl methyl sites for hydroxylation is 1. The molecule has 2 aromatic rings. The van der Waals surface area contributed by atoms with E-state index in [2.05, 4.69) is 0 Å². The summed E-state index contributed by atoms with van der Waals surface area (Å²) < 4.78 is 13.3. The van der Waals surface area contributed by atoms with Crippen molar-refractivity contribution in [2.75, 3.05) is 6.54 Å². The normalized spacial score (nSPS) is 20.0. The molecule has 0 bridgehead atoms. The maximum atomic E-state index is 13.3. The summed E-state index contributed by atoms with van der Waals surface area (Å²) in [5.41, 5.74) is 3.40. The Morgan fingerprint density at radius 1 is 1.15 bits per heavy atom. The molecule has 4 heteroatoms. The van der Waals surface area contributed by atoms with Crippen LogP contribution < -0.4 is 0 Å². The fraction of sp³-hybridized carbons (Fsp3) is 0.409. The van der Waals surface area contributed by atoms with Crippen molar-refractivity contribution in [1.29, 1.82) is 0 Å². The minimum absolute atomic E-state index is 0.0409. The molecule has 2 atom stereocenters. The van der Waals surface area contributed by atoms with Gasteiger partial charge in [0.05, 0.1) is 12.1 Å². The highest BCUT2D eigenvalue weighted by molar-refractivity contribution is 5.95. The number of aliphatic hydroxyl groups excluding tert-OH is 1. The molecule has 0 radical (unpaired) electrons. The van der Waals surface area contributed by atoms with Crippen molar-refractivity contribution in [3.05, 3.63) is 59.4 Å². The Balaban J connectivity index is 1.81. The van der Waals surface area contributed by atoms with Crippen LogP contribution in [0.15, 0.2) is 42.5 Å². The third-order valence-electron chi connectivity index (χ3n) is 5.33. The van der Waals surface area contributed by atoms with Crippen LogP contribution >= 0.6 is 0 Å². The maximum Gasteiger partial charge on any atom is 0.254 e. The van der Waals surface area contributed by atoms with Gasteiger partial charge < -0.3 is 10.0 Å². The van der Waals surface area contributed by atoms with Gasteiger partial charge in [-0.1, -0.05) is 31.0 Å². The quantitative estimate of drug-likeness (QED) is 0.873. The topological polar surface area (TPSA) is 40.5 Å². The molecular weight excluding hydrogens is 329 g/mol. The fourth-order valence-electron chi connectivity index (χ4n) is 3.89. The van der Waals surface area contributed by atoms with Gasteiger partial charge >= 0.3 is 0 Å². The molecule has 138 valence electrons. The molecule has 0 heterocycles. The highest BCUT2D eigenvalue weighted by atomic mass is 19.1. The molecule has 0 saturated heterocycles. The first-order chi connectivity index (χ1) is 12.5. The number of benzene rings is 2. The number of halogens is 1. The van der Waals surface area contributed by atoms with Crippen LogP contribution in [0.25, 0.3) is 11.1 Å². The zero-order valence-electron chi connectivity index (χ0n) is 15.4. The maximum absolute atomic E-state index is 13.3. The lowest BCUT2D eigenvalue weighted by molar-refractivity contribution is 0.0196. The van der Waals surface area contributed by atoms with E-state index in [4.69, 9.17) is 0 Å². The highest BCUT2D eigenvalue weighted by Gasteiger charge is 2.31. The van der Waals surface area contributed by atoms with Gasteiger partial charge in [0.25, 0.3) is 5.91 Å². The van der Waals surface area contributed by atoms with Gasteiger partial charge in [-0.3, -0.25) is 4.79 Å². The van der Waals surface area contributed by atoms with Crippen molar-refractivity contribution in [2.24, 2.45) is 0 Å². The van der Waals surface area contributed by atoms with Crippen LogP contribution in [0, 0.1) is 12.7 Å². The Bertz CT molecular complexity index is 772. The number of carbonyl (C=O) groups is 1. The molecule has 1 amide bonds.